The molecule has 1 aliphatic rings. The third kappa shape index (κ3) is 1.35. The number of imide groups is 2. The van der Waals surface area contributed by atoms with Gasteiger partial charge in [-0.2, -0.15) is 0 Å². The standard InChI is InChI=1S/C5H6N2O4/c1-11-7-4(9)2-3(8)6-5(7)10/h2H2,1H3,(H,6,8,10). The Morgan fingerprint density at radius 2 is 2.09 bits per heavy atom. The summed E-state index contributed by atoms with van der Waals surface area (Å²) in [6.45, 7) is 0. The molecular weight excluding hydrogens is 152 g/mol. The Morgan fingerprint density at radius 3 is 2.55 bits per heavy atom. The van der Waals surface area contributed by atoms with Crippen molar-refractivity contribution in [1.82, 2.24) is 10.4 Å². The van der Waals surface area contributed by atoms with E-state index in [-0.39, 0.29) is 6.42 Å². The summed E-state index contributed by atoms with van der Waals surface area (Å²) in [5.41, 5.74) is 0. The van der Waals surface area contributed by atoms with E-state index in [2.05, 4.69) is 4.84 Å². The number of hydrogen-bond acceptors (Lipinski definition) is 4. The lowest BCUT2D eigenvalue weighted by atomic mass is 10.3. The van der Waals surface area contributed by atoms with Gasteiger partial charge in [-0.25, -0.2) is 4.79 Å². The molecule has 0 unspecified atom stereocenters. The molecule has 1 N–H and O–H groups in total. The van der Waals surface area contributed by atoms with Gasteiger partial charge in [0.25, 0.3) is 5.91 Å². The van der Waals surface area contributed by atoms with Gasteiger partial charge in [0.15, 0.2) is 0 Å². The molecule has 60 valence electrons. The molecule has 1 rings (SSSR count). The van der Waals surface area contributed by atoms with Gasteiger partial charge in [-0.05, 0) is 0 Å². The zero-order valence-electron chi connectivity index (χ0n) is 5.79. The van der Waals surface area contributed by atoms with Crippen LogP contribution in [0, 0.1) is 0 Å². The molecule has 0 atom stereocenters. The SMILES string of the molecule is CON1C(=O)CC(=O)NC1=O. The van der Waals surface area contributed by atoms with E-state index in [1.807, 2.05) is 5.32 Å². The molecule has 0 bridgehead atoms. The van der Waals surface area contributed by atoms with Gasteiger partial charge in [0.2, 0.25) is 5.91 Å². The maximum atomic E-state index is 10.8. The van der Waals surface area contributed by atoms with E-state index in [4.69, 9.17) is 0 Å². The lowest BCUT2D eigenvalue weighted by Gasteiger charge is -2.21. The van der Waals surface area contributed by atoms with E-state index < -0.39 is 17.8 Å². The van der Waals surface area contributed by atoms with Crippen LogP contribution in [0.25, 0.3) is 0 Å². The molecule has 0 radical (unpaired) electrons. The predicted octanol–water partition coefficient (Wildman–Crippen LogP) is -0.984. The molecule has 1 aliphatic heterocycles. The average molecular weight is 158 g/mol. The highest BCUT2D eigenvalue weighted by atomic mass is 16.7. The van der Waals surface area contributed by atoms with Crippen LogP contribution in [0.3, 0.4) is 0 Å². The maximum Gasteiger partial charge on any atom is 0.355 e. The first kappa shape index (κ1) is 7.67. The first-order valence-corrected chi connectivity index (χ1v) is 2.86. The Kier molecular flexibility index (Phi) is 1.86. The van der Waals surface area contributed by atoms with Crippen LogP contribution >= 0.6 is 0 Å². The van der Waals surface area contributed by atoms with Gasteiger partial charge < -0.3 is 0 Å². The lowest BCUT2D eigenvalue weighted by Crippen LogP contribution is -2.51. The number of carbonyl (C=O) groups excluding carboxylic acids is 3. The smallest absolute Gasteiger partial charge is 0.275 e. The van der Waals surface area contributed by atoms with Crippen molar-refractivity contribution in [2.45, 2.75) is 6.42 Å². The Balaban J connectivity index is 2.74. The highest BCUT2D eigenvalue weighted by Crippen LogP contribution is 2.01. The molecule has 4 amide bonds. The number of carbonyl (C=O) groups is 3. The molecule has 1 fully saturated rings. The van der Waals surface area contributed by atoms with Gasteiger partial charge in [0, 0.05) is 0 Å². The topological polar surface area (TPSA) is 75.7 Å². The molecule has 0 saturated carbocycles. The van der Waals surface area contributed by atoms with Crippen molar-refractivity contribution in [3.8, 4) is 0 Å². The molecule has 0 aliphatic carbocycles. The number of amides is 4. The second-order valence-corrected chi connectivity index (χ2v) is 1.90. The summed E-state index contributed by atoms with van der Waals surface area (Å²) in [4.78, 5) is 36.4. The van der Waals surface area contributed by atoms with Crippen LogP contribution in [-0.4, -0.2) is 30.0 Å². The van der Waals surface area contributed by atoms with E-state index in [9.17, 15) is 14.4 Å². The number of nitrogens with one attached hydrogen (secondary N) is 1. The summed E-state index contributed by atoms with van der Waals surface area (Å²) < 4.78 is 0. The minimum atomic E-state index is -0.839. The van der Waals surface area contributed by atoms with Gasteiger partial charge in [-0.1, -0.05) is 0 Å². The van der Waals surface area contributed by atoms with E-state index in [0.29, 0.717) is 5.06 Å². The van der Waals surface area contributed by atoms with Crippen molar-refractivity contribution < 1.29 is 19.2 Å². The van der Waals surface area contributed by atoms with Crippen molar-refractivity contribution in [3.63, 3.8) is 0 Å². The molecule has 0 aromatic heterocycles. The first-order chi connectivity index (χ1) is 5.15. The third-order valence-electron chi connectivity index (χ3n) is 1.15. The monoisotopic (exact) mass is 158 g/mol. The van der Waals surface area contributed by atoms with Crippen molar-refractivity contribution in [2.75, 3.05) is 7.11 Å². The third-order valence-corrected chi connectivity index (χ3v) is 1.15. The van der Waals surface area contributed by atoms with Crippen LogP contribution in [0.1, 0.15) is 6.42 Å². The van der Waals surface area contributed by atoms with Gasteiger partial charge in [0.05, 0.1) is 7.11 Å². The fourth-order valence-electron chi connectivity index (χ4n) is 0.721. The molecule has 6 nitrogen and oxygen atoms in total. The van der Waals surface area contributed by atoms with Crippen molar-refractivity contribution in [1.29, 1.82) is 0 Å². The van der Waals surface area contributed by atoms with E-state index in [1.54, 1.807) is 0 Å². The molecule has 0 aromatic carbocycles. The highest BCUT2D eigenvalue weighted by molar-refractivity contribution is 6.13. The molecule has 0 spiro atoms. The molecular formula is C5H6N2O4. The Bertz CT molecular complexity index is 205. The second-order valence-electron chi connectivity index (χ2n) is 1.90. The molecule has 1 saturated heterocycles. The maximum absolute atomic E-state index is 10.8. The minimum Gasteiger partial charge on any atom is -0.275 e. The van der Waals surface area contributed by atoms with Crippen LogP contribution in [-0.2, 0) is 14.4 Å². The molecule has 11 heavy (non-hydrogen) atoms. The van der Waals surface area contributed by atoms with Crippen molar-refractivity contribution in [2.24, 2.45) is 0 Å². The summed E-state index contributed by atoms with van der Waals surface area (Å²) in [7, 11) is 1.17. The van der Waals surface area contributed by atoms with Crippen LogP contribution in [0.2, 0.25) is 0 Å². The van der Waals surface area contributed by atoms with Gasteiger partial charge >= 0.3 is 6.03 Å². The fraction of sp³-hybridized carbons (Fsp3) is 0.400. The number of hydroxylamine groups is 2. The number of hydrogen-bond donors (Lipinski definition) is 1. The molecule has 6 heteroatoms. The van der Waals surface area contributed by atoms with Gasteiger partial charge in [-0.15, -0.1) is 5.06 Å². The summed E-state index contributed by atoms with van der Waals surface area (Å²) in [5, 5.41) is 2.41. The summed E-state index contributed by atoms with van der Waals surface area (Å²) in [6, 6.07) is -0.839. The van der Waals surface area contributed by atoms with Crippen molar-refractivity contribution in [3.05, 3.63) is 0 Å². The van der Waals surface area contributed by atoms with Gasteiger partial charge in [0.1, 0.15) is 6.42 Å². The number of nitrogens with zero attached hydrogens (tertiary/aromatic N) is 1. The van der Waals surface area contributed by atoms with Crippen molar-refractivity contribution >= 4 is 17.8 Å². The quantitative estimate of drug-likeness (QED) is 0.497. The first-order valence-electron chi connectivity index (χ1n) is 2.86. The Morgan fingerprint density at radius 1 is 1.45 bits per heavy atom. The molecule has 0 aromatic rings. The minimum absolute atomic E-state index is 0.348. The highest BCUT2D eigenvalue weighted by Gasteiger charge is 2.30. The zero-order valence-corrected chi connectivity index (χ0v) is 5.79. The molecule has 1 heterocycles. The lowest BCUT2D eigenvalue weighted by molar-refractivity contribution is -0.165. The Labute approximate surface area is 62.1 Å². The van der Waals surface area contributed by atoms with Gasteiger partial charge in [-0.3, -0.25) is 19.7 Å². The second kappa shape index (κ2) is 2.67. The average Bonchev–Trinajstić information content (AvgIpc) is 1.85. The number of urea groups is 1. The summed E-state index contributed by atoms with van der Waals surface area (Å²) in [5.74, 6) is -1.26. The van der Waals surface area contributed by atoms with E-state index in [0.717, 1.165) is 0 Å². The van der Waals surface area contributed by atoms with Crippen LogP contribution in [0.15, 0.2) is 0 Å². The largest absolute Gasteiger partial charge is 0.355 e. The van der Waals surface area contributed by atoms with Crippen LogP contribution < -0.4 is 5.32 Å². The van der Waals surface area contributed by atoms with Crippen LogP contribution in [0.5, 0.6) is 0 Å². The fourth-order valence-corrected chi connectivity index (χ4v) is 0.721. The van der Waals surface area contributed by atoms with E-state index in [1.165, 1.54) is 7.11 Å². The predicted molar refractivity (Wildman–Crippen MR) is 32.0 cm³/mol. The summed E-state index contributed by atoms with van der Waals surface area (Å²) >= 11 is 0. The number of barbiturate groups is 1. The summed E-state index contributed by atoms with van der Waals surface area (Å²) in [6.07, 6.45) is -0.348. The zero-order chi connectivity index (χ0) is 8.43. The Hall–Kier alpha value is -1.43. The van der Waals surface area contributed by atoms with E-state index >= 15 is 0 Å². The number of rotatable bonds is 1. The normalized spacial score (nSPS) is 18.6. The van der Waals surface area contributed by atoms with Crippen LogP contribution in [0.4, 0.5) is 4.79 Å².